The second kappa shape index (κ2) is 7.48. The Morgan fingerprint density at radius 3 is 3.00 bits per heavy atom. The Morgan fingerprint density at radius 2 is 2.29 bits per heavy atom. The van der Waals surface area contributed by atoms with Crippen molar-refractivity contribution in [3.05, 3.63) is 42.0 Å². The fourth-order valence-corrected chi connectivity index (χ4v) is 1.43. The quantitative estimate of drug-likeness (QED) is 0.578. The third-order valence-electron chi connectivity index (χ3n) is 2.32. The lowest BCUT2D eigenvalue weighted by Crippen LogP contribution is -2.10. The molecule has 1 rings (SSSR count). The van der Waals surface area contributed by atoms with Crippen LogP contribution in [0.1, 0.15) is 17.5 Å². The van der Waals surface area contributed by atoms with E-state index in [1.54, 1.807) is 0 Å². The predicted molar refractivity (Wildman–Crippen MR) is 70.0 cm³/mol. The molecule has 0 amide bonds. The summed E-state index contributed by atoms with van der Waals surface area (Å²) in [6.45, 7) is 7.67. The molecule has 0 unspecified atom stereocenters. The molecular weight excluding hydrogens is 212 g/mol. The summed E-state index contributed by atoms with van der Waals surface area (Å²) < 4.78 is 5.38. The summed E-state index contributed by atoms with van der Waals surface area (Å²) in [5.74, 6) is 0. The number of rotatable bonds is 7. The van der Waals surface area contributed by atoms with Crippen LogP contribution in [0.2, 0.25) is 0 Å². The Bertz CT molecular complexity index is 407. The first-order chi connectivity index (χ1) is 8.27. The van der Waals surface area contributed by atoms with Gasteiger partial charge in [0.25, 0.3) is 0 Å². The molecule has 0 spiro atoms. The lowest BCUT2D eigenvalue weighted by atomic mass is 10.1. The van der Waals surface area contributed by atoms with Crippen LogP contribution in [0.3, 0.4) is 0 Å². The van der Waals surface area contributed by atoms with Crippen LogP contribution in [-0.4, -0.2) is 19.8 Å². The van der Waals surface area contributed by atoms with Crippen LogP contribution in [0.15, 0.2) is 30.9 Å². The molecule has 1 aromatic carbocycles. The van der Waals surface area contributed by atoms with Gasteiger partial charge in [-0.05, 0) is 31.0 Å². The molecule has 0 heterocycles. The number of hydrogen-bond acceptors (Lipinski definition) is 3. The van der Waals surface area contributed by atoms with Crippen molar-refractivity contribution < 1.29 is 4.74 Å². The van der Waals surface area contributed by atoms with E-state index in [9.17, 15) is 0 Å². The van der Waals surface area contributed by atoms with Gasteiger partial charge in [-0.2, -0.15) is 5.26 Å². The van der Waals surface area contributed by atoms with Gasteiger partial charge < -0.3 is 10.1 Å². The van der Waals surface area contributed by atoms with Crippen LogP contribution < -0.4 is 5.32 Å². The number of ether oxygens (including phenoxy) is 1. The summed E-state index contributed by atoms with van der Waals surface area (Å²) in [7, 11) is 0. The van der Waals surface area contributed by atoms with Gasteiger partial charge in [-0.15, -0.1) is 6.58 Å². The Labute approximate surface area is 103 Å². The molecule has 0 atom stereocenters. The average molecular weight is 230 g/mol. The van der Waals surface area contributed by atoms with Crippen LogP contribution in [-0.2, 0) is 4.74 Å². The van der Waals surface area contributed by atoms with Gasteiger partial charge in [0.1, 0.15) is 6.07 Å². The Kier molecular flexibility index (Phi) is 5.84. The molecule has 0 aliphatic rings. The Hall–Kier alpha value is -1.79. The van der Waals surface area contributed by atoms with Crippen LogP contribution in [0.4, 0.5) is 5.69 Å². The van der Waals surface area contributed by atoms with Crippen molar-refractivity contribution >= 4 is 5.69 Å². The number of nitrogens with one attached hydrogen (secondary N) is 1. The van der Waals surface area contributed by atoms with E-state index in [0.29, 0.717) is 25.3 Å². The van der Waals surface area contributed by atoms with Crippen molar-refractivity contribution in [2.45, 2.75) is 13.3 Å². The van der Waals surface area contributed by atoms with Crippen molar-refractivity contribution in [3.8, 4) is 6.07 Å². The molecule has 3 heteroatoms. The van der Waals surface area contributed by atoms with E-state index in [4.69, 9.17) is 10.00 Å². The number of nitriles is 1. The van der Waals surface area contributed by atoms with Crippen LogP contribution in [0.25, 0.3) is 0 Å². The zero-order chi connectivity index (χ0) is 12.5. The van der Waals surface area contributed by atoms with Gasteiger partial charge in [-0.3, -0.25) is 0 Å². The number of benzene rings is 1. The Balaban J connectivity index is 2.38. The summed E-state index contributed by atoms with van der Waals surface area (Å²) in [6.07, 6.45) is 2.70. The molecule has 90 valence electrons. The maximum Gasteiger partial charge on any atom is 0.101 e. The van der Waals surface area contributed by atoms with E-state index in [1.165, 1.54) is 0 Å². The minimum absolute atomic E-state index is 0.632. The molecule has 3 nitrogen and oxygen atoms in total. The molecule has 0 aromatic heterocycles. The van der Waals surface area contributed by atoms with Crippen LogP contribution >= 0.6 is 0 Å². The van der Waals surface area contributed by atoms with E-state index in [0.717, 1.165) is 17.7 Å². The van der Waals surface area contributed by atoms with Gasteiger partial charge in [0.2, 0.25) is 0 Å². The summed E-state index contributed by atoms with van der Waals surface area (Å²) in [5.41, 5.74) is 2.68. The maximum atomic E-state index is 8.95. The third-order valence-corrected chi connectivity index (χ3v) is 2.32. The van der Waals surface area contributed by atoms with Gasteiger partial charge in [0, 0.05) is 6.54 Å². The van der Waals surface area contributed by atoms with Gasteiger partial charge in [-0.1, -0.05) is 12.1 Å². The summed E-state index contributed by atoms with van der Waals surface area (Å²) >= 11 is 0. The summed E-state index contributed by atoms with van der Waals surface area (Å²) in [6, 6.07) is 7.91. The first-order valence-corrected chi connectivity index (χ1v) is 5.71. The van der Waals surface area contributed by atoms with Gasteiger partial charge >= 0.3 is 0 Å². The van der Waals surface area contributed by atoms with E-state index >= 15 is 0 Å². The number of aryl methyl sites for hydroxylation is 1. The molecule has 0 fully saturated rings. The minimum Gasteiger partial charge on any atom is -0.382 e. The SMILES string of the molecule is C=CCCOCCNc1cc(C)ccc1C#N. The average Bonchev–Trinajstić information content (AvgIpc) is 2.34. The molecular formula is C14H18N2O. The lowest BCUT2D eigenvalue weighted by molar-refractivity contribution is 0.149. The standard InChI is InChI=1S/C14H18N2O/c1-3-4-8-17-9-7-16-14-10-12(2)5-6-13(14)11-15/h3,5-6,10,16H,1,4,7-9H2,2H3. The molecule has 0 saturated heterocycles. The van der Waals surface area contributed by atoms with Crippen LogP contribution in [0.5, 0.6) is 0 Å². The Morgan fingerprint density at radius 1 is 1.47 bits per heavy atom. The van der Waals surface area contributed by atoms with E-state index < -0.39 is 0 Å². The molecule has 0 aliphatic carbocycles. The number of nitrogens with zero attached hydrogens (tertiary/aromatic N) is 1. The molecule has 0 aliphatic heterocycles. The van der Waals surface area contributed by atoms with E-state index in [-0.39, 0.29) is 0 Å². The van der Waals surface area contributed by atoms with Crippen molar-refractivity contribution in [1.82, 2.24) is 0 Å². The normalized spacial score (nSPS) is 9.65. The second-order valence-electron chi connectivity index (χ2n) is 3.78. The van der Waals surface area contributed by atoms with E-state index in [2.05, 4.69) is 18.0 Å². The highest BCUT2D eigenvalue weighted by Crippen LogP contribution is 2.15. The highest BCUT2D eigenvalue weighted by Gasteiger charge is 2.00. The first kappa shape index (κ1) is 13.3. The van der Waals surface area contributed by atoms with Gasteiger partial charge in [0.05, 0.1) is 24.5 Å². The van der Waals surface area contributed by atoms with Crippen LogP contribution in [0, 0.1) is 18.3 Å². The second-order valence-corrected chi connectivity index (χ2v) is 3.78. The number of hydrogen-bond donors (Lipinski definition) is 1. The molecule has 1 aromatic rings. The maximum absolute atomic E-state index is 8.95. The molecule has 0 saturated carbocycles. The lowest BCUT2D eigenvalue weighted by Gasteiger charge is -2.09. The summed E-state index contributed by atoms with van der Waals surface area (Å²) in [5, 5.41) is 12.2. The smallest absolute Gasteiger partial charge is 0.101 e. The van der Waals surface area contributed by atoms with Gasteiger partial charge in [0.15, 0.2) is 0 Å². The monoisotopic (exact) mass is 230 g/mol. The molecule has 1 N–H and O–H groups in total. The highest BCUT2D eigenvalue weighted by molar-refractivity contribution is 5.58. The van der Waals surface area contributed by atoms with Gasteiger partial charge in [-0.25, -0.2) is 0 Å². The van der Waals surface area contributed by atoms with E-state index in [1.807, 2.05) is 31.2 Å². The zero-order valence-electron chi connectivity index (χ0n) is 10.2. The topological polar surface area (TPSA) is 45.0 Å². The van der Waals surface area contributed by atoms with Crippen molar-refractivity contribution in [2.24, 2.45) is 0 Å². The fourth-order valence-electron chi connectivity index (χ4n) is 1.43. The van der Waals surface area contributed by atoms with Crippen molar-refractivity contribution in [1.29, 1.82) is 5.26 Å². The predicted octanol–water partition coefficient (Wildman–Crippen LogP) is 2.87. The third kappa shape index (κ3) is 4.71. The highest BCUT2D eigenvalue weighted by atomic mass is 16.5. The van der Waals surface area contributed by atoms with Crippen molar-refractivity contribution in [3.63, 3.8) is 0 Å². The molecule has 0 bridgehead atoms. The fraction of sp³-hybridized carbons (Fsp3) is 0.357. The minimum atomic E-state index is 0.632. The summed E-state index contributed by atoms with van der Waals surface area (Å²) in [4.78, 5) is 0. The molecule has 0 radical (unpaired) electrons. The number of anilines is 1. The zero-order valence-corrected chi connectivity index (χ0v) is 10.2. The first-order valence-electron chi connectivity index (χ1n) is 5.71. The molecule has 17 heavy (non-hydrogen) atoms. The largest absolute Gasteiger partial charge is 0.382 e. The van der Waals surface area contributed by atoms with Crippen molar-refractivity contribution in [2.75, 3.05) is 25.1 Å².